The summed E-state index contributed by atoms with van der Waals surface area (Å²) in [6.45, 7) is 0.750. The molecule has 1 heterocycles. The number of rotatable bonds is 6. The van der Waals surface area contributed by atoms with Crippen LogP contribution in [0.5, 0.6) is 5.75 Å². The molecule has 1 aliphatic heterocycles. The Kier molecular flexibility index (Phi) is 7.48. The summed E-state index contributed by atoms with van der Waals surface area (Å²) in [6.07, 6.45) is -4.43. The van der Waals surface area contributed by atoms with Crippen LogP contribution in [0.4, 0.5) is 22.4 Å². The van der Waals surface area contributed by atoms with Gasteiger partial charge in [0.15, 0.2) is 6.61 Å². The van der Waals surface area contributed by atoms with Gasteiger partial charge < -0.3 is 15.0 Å². The van der Waals surface area contributed by atoms with Crippen molar-refractivity contribution in [3.8, 4) is 5.75 Å². The minimum atomic E-state index is -4.43. The maximum Gasteiger partial charge on any atom is 0.422 e. The molecule has 0 bridgehead atoms. The van der Waals surface area contributed by atoms with Gasteiger partial charge in [0.1, 0.15) is 11.6 Å². The van der Waals surface area contributed by atoms with Crippen LogP contribution in [0.2, 0.25) is 0 Å². The first kappa shape index (κ1) is 24.8. The number of hydrogen-bond donors (Lipinski definition) is 1. The maximum atomic E-state index is 13.4. The second-order valence-electron chi connectivity index (χ2n) is 7.49. The van der Waals surface area contributed by atoms with Gasteiger partial charge in [-0.1, -0.05) is 18.2 Å². The lowest BCUT2D eigenvalue weighted by Gasteiger charge is -2.34. The van der Waals surface area contributed by atoms with Gasteiger partial charge in [-0.2, -0.15) is 17.5 Å². The highest BCUT2D eigenvalue weighted by atomic mass is 32.2. The lowest BCUT2D eigenvalue weighted by Crippen LogP contribution is -2.53. The number of nitrogens with zero attached hydrogens (tertiary/aromatic N) is 2. The number of ether oxygens (including phenoxy) is 1. The van der Waals surface area contributed by atoms with Crippen LogP contribution in [0.15, 0.2) is 53.4 Å². The fraction of sp³-hybridized carbons (Fsp3) is 0.381. The van der Waals surface area contributed by atoms with Gasteiger partial charge in [0.25, 0.3) is 0 Å². The van der Waals surface area contributed by atoms with Crippen molar-refractivity contribution in [2.24, 2.45) is 0 Å². The Bertz CT molecular complexity index is 1070. The highest BCUT2D eigenvalue weighted by molar-refractivity contribution is 7.89. The molecule has 2 aromatic carbocycles. The molecule has 33 heavy (non-hydrogen) atoms. The third-order valence-corrected chi connectivity index (χ3v) is 6.98. The fourth-order valence-corrected chi connectivity index (χ4v) is 4.74. The minimum Gasteiger partial charge on any atom is -0.484 e. The van der Waals surface area contributed by atoms with E-state index in [4.69, 9.17) is 0 Å². The van der Waals surface area contributed by atoms with E-state index in [2.05, 4.69) is 10.1 Å². The molecule has 0 aliphatic carbocycles. The zero-order valence-electron chi connectivity index (χ0n) is 17.7. The van der Waals surface area contributed by atoms with Crippen LogP contribution in [0.3, 0.4) is 0 Å². The van der Waals surface area contributed by atoms with Gasteiger partial charge in [0.05, 0.1) is 10.9 Å². The molecule has 0 radical (unpaired) electrons. The lowest BCUT2D eigenvalue weighted by atomic mass is 10.1. The predicted molar refractivity (Wildman–Crippen MR) is 112 cm³/mol. The van der Waals surface area contributed by atoms with Crippen molar-refractivity contribution >= 4 is 16.1 Å². The van der Waals surface area contributed by atoms with Crippen molar-refractivity contribution in [1.29, 1.82) is 0 Å². The second-order valence-corrected chi connectivity index (χ2v) is 9.43. The molecule has 0 saturated carbocycles. The zero-order chi connectivity index (χ0) is 24.2. The zero-order valence-corrected chi connectivity index (χ0v) is 18.5. The molecule has 1 atom stereocenters. The molecule has 2 aromatic rings. The van der Waals surface area contributed by atoms with Crippen LogP contribution in [0, 0.1) is 5.82 Å². The molecule has 12 heteroatoms. The van der Waals surface area contributed by atoms with E-state index in [9.17, 15) is 30.8 Å². The Morgan fingerprint density at radius 2 is 1.73 bits per heavy atom. The molecular weight excluding hydrogens is 466 g/mol. The van der Waals surface area contributed by atoms with Gasteiger partial charge in [-0.05, 0) is 42.8 Å². The van der Waals surface area contributed by atoms with Crippen molar-refractivity contribution in [1.82, 2.24) is 14.5 Å². The smallest absolute Gasteiger partial charge is 0.422 e. The van der Waals surface area contributed by atoms with Crippen LogP contribution in [-0.4, -0.2) is 62.6 Å². The Balaban J connectivity index is 1.52. The maximum absolute atomic E-state index is 13.4. The summed E-state index contributed by atoms with van der Waals surface area (Å²) in [7, 11) is -3.87. The predicted octanol–water partition coefficient (Wildman–Crippen LogP) is 3.54. The van der Waals surface area contributed by atoms with Gasteiger partial charge in [0, 0.05) is 26.2 Å². The molecule has 2 amide bonds. The highest BCUT2D eigenvalue weighted by Gasteiger charge is 2.31. The number of sulfonamides is 1. The first-order valence-corrected chi connectivity index (χ1v) is 11.5. The molecule has 7 nitrogen and oxygen atoms in total. The van der Waals surface area contributed by atoms with Gasteiger partial charge in [0.2, 0.25) is 10.0 Å². The summed E-state index contributed by atoms with van der Waals surface area (Å²) >= 11 is 0. The second kappa shape index (κ2) is 9.96. The monoisotopic (exact) mass is 489 g/mol. The van der Waals surface area contributed by atoms with Gasteiger partial charge in [-0.3, -0.25) is 0 Å². The lowest BCUT2D eigenvalue weighted by molar-refractivity contribution is -0.153. The Morgan fingerprint density at radius 1 is 1.09 bits per heavy atom. The number of carbonyl (C=O) groups is 1. The topological polar surface area (TPSA) is 79.0 Å². The number of piperazine rings is 1. The Labute approximate surface area is 189 Å². The van der Waals surface area contributed by atoms with E-state index in [-0.39, 0.29) is 36.8 Å². The number of hydrogen-bond acceptors (Lipinski definition) is 4. The number of benzene rings is 2. The number of alkyl halides is 3. The summed E-state index contributed by atoms with van der Waals surface area (Å²) in [5.74, 6) is -0.590. The molecule has 1 unspecified atom stereocenters. The first-order valence-electron chi connectivity index (χ1n) is 10.1. The number of amides is 2. The highest BCUT2D eigenvalue weighted by Crippen LogP contribution is 2.22. The van der Waals surface area contributed by atoms with Crippen LogP contribution < -0.4 is 10.1 Å². The van der Waals surface area contributed by atoms with E-state index in [0.29, 0.717) is 5.56 Å². The molecular formula is C21H23F4N3O4S. The first-order chi connectivity index (χ1) is 15.5. The summed E-state index contributed by atoms with van der Waals surface area (Å²) in [4.78, 5) is 13.9. The van der Waals surface area contributed by atoms with Crippen molar-refractivity contribution in [3.63, 3.8) is 0 Å². The fourth-order valence-electron chi connectivity index (χ4n) is 3.29. The van der Waals surface area contributed by atoms with Crippen molar-refractivity contribution in [2.45, 2.75) is 24.0 Å². The molecule has 0 aromatic heterocycles. The molecule has 1 N–H and O–H groups in total. The molecule has 3 rings (SSSR count). The summed E-state index contributed by atoms with van der Waals surface area (Å²) in [5.41, 5.74) is 0.662. The van der Waals surface area contributed by atoms with Crippen LogP contribution in [0.25, 0.3) is 0 Å². The standard InChI is InChI=1S/C21H23F4N3O4S/c1-15(16-5-7-18(8-6-16)32-14-21(23,24)25)26-20(29)27-9-11-28(12-10-27)33(30,31)19-4-2-3-17(22)13-19/h2-8,13,15H,9-12,14H2,1H3,(H,26,29). The summed E-state index contributed by atoms with van der Waals surface area (Å²) in [5, 5.41) is 2.78. The van der Waals surface area contributed by atoms with Gasteiger partial charge >= 0.3 is 12.2 Å². The van der Waals surface area contributed by atoms with Crippen molar-refractivity contribution < 1.29 is 35.5 Å². The quantitative estimate of drug-likeness (QED) is 0.630. The molecule has 1 fully saturated rings. The van der Waals surface area contributed by atoms with Gasteiger partial charge in [-0.25, -0.2) is 17.6 Å². The summed E-state index contributed by atoms with van der Waals surface area (Å²) < 4.78 is 81.3. The van der Waals surface area contributed by atoms with E-state index >= 15 is 0 Å². The van der Waals surface area contributed by atoms with E-state index in [1.807, 2.05) is 0 Å². The normalized spacial score (nSPS) is 16.3. The minimum absolute atomic E-state index is 0.0604. The third-order valence-electron chi connectivity index (χ3n) is 5.08. The molecule has 180 valence electrons. The average molecular weight is 489 g/mol. The van der Waals surface area contributed by atoms with Crippen LogP contribution >= 0.6 is 0 Å². The average Bonchev–Trinajstić information content (AvgIpc) is 2.77. The third kappa shape index (κ3) is 6.57. The van der Waals surface area contributed by atoms with E-state index < -0.39 is 40.7 Å². The van der Waals surface area contributed by atoms with Crippen LogP contribution in [-0.2, 0) is 10.0 Å². The molecule has 1 aliphatic rings. The number of halogens is 4. The van der Waals surface area contributed by atoms with Crippen molar-refractivity contribution in [3.05, 3.63) is 59.9 Å². The molecule has 1 saturated heterocycles. The van der Waals surface area contributed by atoms with Crippen LogP contribution in [0.1, 0.15) is 18.5 Å². The summed E-state index contributed by atoms with van der Waals surface area (Å²) in [6, 6.07) is 9.80. The van der Waals surface area contributed by atoms with Gasteiger partial charge in [-0.15, -0.1) is 0 Å². The Hall–Kier alpha value is -2.86. The Morgan fingerprint density at radius 3 is 2.30 bits per heavy atom. The largest absolute Gasteiger partial charge is 0.484 e. The molecule has 0 spiro atoms. The number of carbonyl (C=O) groups excluding carboxylic acids is 1. The number of urea groups is 1. The SMILES string of the molecule is CC(NC(=O)N1CCN(S(=O)(=O)c2cccc(F)c2)CC1)c1ccc(OCC(F)(F)F)cc1. The number of nitrogens with one attached hydrogen (secondary N) is 1. The van der Waals surface area contributed by atoms with E-state index in [0.717, 1.165) is 12.1 Å². The van der Waals surface area contributed by atoms with E-state index in [1.165, 1.54) is 33.5 Å². The van der Waals surface area contributed by atoms with E-state index in [1.54, 1.807) is 19.1 Å². The van der Waals surface area contributed by atoms with Crippen molar-refractivity contribution in [2.75, 3.05) is 32.8 Å².